The Hall–Kier alpha value is -0.380. The number of hydrogen-bond acceptors (Lipinski definition) is 2. The first-order chi connectivity index (χ1) is 8.70. The molecular formula is C15H23BrN2. The lowest BCUT2D eigenvalue weighted by molar-refractivity contribution is 0.288. The maximum atomic E-state index is 5.89. The summed E-state index contributed by atoms with van der Waals surface area (Å²) < 4.78 is 1.16. The molecule has 3 N–H and O–H groups in total. The molecule has 100 valence electrons. The van der Waals surface area contributed by atoms with E-state index in [1.165, 1.54) is 36.8 Å². The fourth-order valence-corrected chi connectivity index (χ4v) is 3.25. The maximum absolute atomic E-state index is 5.89. The predicted molar refractivity (Wildman–Crippen MR) is 80.6 cm³/mol. The van der Waals surface area contributed by atoms with Crippen LogP contribution in [0.25, 0.3) is 0 Å². The summed E-state index contributed by atoms with van der Waals surface area (Å²) >= 11 is 3.64. The first-order valence-corrected chi connectivity index (χ1v) is 7.69. The molecule has 0 aromatic heterocycles. The van der Waals surface area contributed by atoms with Gasteiger partial charge in [-0.3, -0.25) is 0 Å². The Morgan fingerprint density at radius 3 is 2.78 bits per heavy atom. The van der Waals surface area contributed by atoms with Crippen molar-refractivity contribution in [3.8, 4) is 0 Å². The quantitative estimate of drug-likeness (QED) is 0.843. The summed E-state index contributed by atoms with van der Waals surface area (Å²) in [4.78, 5) is 0. The van der Waals surface area contributed by atoms with E-state index in [2.05, 4.69) is 46.4 Å². The number of nitrogens with two attached hydrogens (primary N) is 1. The second-order valence-corrected chi connectivity index (χ2v) is 6.21. The Kier molecular flexibility index (Phi) is 5.22. The molecule has 1 aromatic rings. The summed E-state index contributed by atoms with van der Waals surface area (Å²) in [6.07, 6.45) is 5.56. The zero-order chi connectivity index (χ0) is 13.0. The molecule has 2 rings (SSSR count). The van der Waals surface area contributed by atoms with Gasteiger partial charge in [0.05, 0.1) is 0 Å². The monoisotopic (exact) mass is 310 g/mol. The fraction of sp³-hybridized carbons (Fsp3) is 0.600. The van der Waals surface area contributed by atoms with Crippen molar-refractivity contribution in [1.29, 1.82) is 0 Å². The Balaban J connectivity index is 1.89. The van der Waals surface area contributed by atoms with Crippen LogP contribution < -0.4 is 11.1 Å². The average Bonchev–Trinajstić information content (AvgIpc) is 2.28. The van der Waals surface area contributed by atoms with Crippen molar-refractivity contribution in [2.45, 2.75) is 38.6 Å². The molecule has 0 amide bonds. The molecule has 1 aliphatic rings. The van der Waals surface area contributed by atoms with Gasteiger partial charge in [-0.2, -0.15) is 0 Å². The molecule has 1 aromatic carbocycles. The summed E-state index contributed by atoms with van der Waals surface area (Å²) in [5.74, 6) is 0.956. The summed E-state index contributed by atoms with van der Waals surface area (Å²) in [6, 6.07) is 6.75. The number of halogens is 1. The number of hydrogen-bond donors (Lipinski definition) is 2. The molecule has 1 atom stereocenters. The fourth-order valence-electron chi connectivity index (χ4n) is 2.48. The largest absolute Gasteiger partial charge is 0.329 e. The lowest BCUT2D eigenvalue weighted by atomic mass is 9.83. The first kappa shape index (κ1) is 14.0. The number of nitrogens with one attached hydrogen (secondary N) is 1. The van der Waals surface area contributed by atoms with E-state index >= 15 is 0 Å². The molecule has 2 nitrogen and oxygen atoms in total. The van der Waals surface area contributed by atoms with Gasteiger partial charge in [0.15, 0.2) is 0 Å². The second-order valence-electron chi connectivity index (χ2n) is 5.35. The smallest absolute Gasteiger partial charge is 0.0455 e. The number of rotatable bonds is 6. The maximum Gasteiger partial charge on any atom is 0.0455 e. The normalized spacial score (nSPS) is 17.5. The highest BCUT2D eigenvalue weighted by molar-refractivity contribution is 9.10. The van der Waals surface area contributed by atoms with Gasteiger partial charge in [-0.25, -0.2) is 0 Å². The summed E-state index contributed by atoms with van der Waals surface area (Å²) in [6.45, 7) is 3.83. The standard InChI is InChI=1S/C15H23BrN2/c1-11-5-6-13(14(16)9-11)15(10-17)18-8-7-12-3-2-4-12/h5-6,9,12,15,18H,2-4,7-8,10,17H2,1H3. The molecule has 18 heavy (non-hydrogen) atoms. The third-order valence-electron chi connectivity index (χ3n) is 3.94. The molecule has 0 saturated heterocycles. The van der Waals surface area contributed by atoms with E-state index < -0.39 is 0 Å². The number of benzene rings is 1. The van der Waals surface area contributed by atoms with Crippen LogP contribution in [-0.2, 0) is 0 Å². The van der Waals surface area contributed by atoms with Crippen LogP contribution in [0.1, 0.15) is 42.9 Å². The van der Waals surface area contributed by atoms with E-state index in [4.69, 9.17) is 5.73 Å². The summed E-state index contributed by atoms with van der Waals surface area (Å²) in [5, 5.41) is 3.59. The van der Waals surface area contributed by atoms with Gasteiger partial charge in [-0.05, 0) is 43.0 Å². The van der Waals surface area contributed by atoms with Crippen LogP contribution in [0.15, 0.2) is 22.7 Å². The Bertz CT molecular complexity index is 388. The van der Waals surface area contributed by atoms with Crippen molar-refractivity contribution < 1.29 is 0 Å². The number of aryl methyl sites for hydroxylation is 1. The van der Waals surface area contributed by atoms with Crippen molar-refractivity contribution >= 4 is 15.9 Å². The minimum Gasteiger partial charge on any atom is -0.329 e. The summed E-state index contributed by atoms with van der Waals surface area (Å²) in [5.41, 5.74) is 8.44. The van der Waals surface area contributed by atoms with E-state index in [0.29, 0.717) is 6.54 Å². The molecule has 0 aliphatic heterocycles. The Labute approximate surface area is 118 Å². The van der Waals surface area contributed by atoms with Crippen LogP contribution in [-0.4, -0.2) is 13.1 Å². The zero-order valence-corrected chi connectivity index (χ0v) is 12.7. The van der Waals surface area contributed by atoms with Crippen molar-refractivity contribution in [3.63, 3.8) is 0 Å². The highest BCUT2D eigenvalue weighted by Crippen LogP contribution is 2.29. The van der Waals surface area contributed by atoms with Gasteiger partial charge in [-0.1, -0.05) is 47.3 Å². The SMILES string of the molecule is Cc1ccc(C(CN)NCCC2CCC2)c(Br)c1. The minimum absolute atomic E-state index is 0.264. The predicted octanol–water partition coefficient (Wildman–Crippen LogP) is 3.54. The van der Waals surface area contributed by atoms with Crippen LogP contribution in [0.4, 0.5) is 0 Å². The van der Waals surface area contributed by atoms with Gasteiger partial charge in [0.1, 0.15) is 0 Å². The van der Waals surface area contributed by atoms with E-state index in [1.54, 1.807) is 0 Å². The van der Waals surface area contributed by atoms with Crippen molar-refractivity contribution in [2.24, 2.45) is 11.7 Å². The molecular weight excluding hydrogens is 288 g/mol. The highest BCUT2D eigenvalue weighted by atomic mass is 79.9. The lowest BCUT2D eigenvalue weighted by Gasteiger charge is -2.27. The molecule has 1 fully saturated rings. The molecule has 1 aliphatic carbocycles. The van der Waals surface area contributed by atoms with Crippen molar-refractivity contribution in [1.82, 2.24) is 5.32 Å². The third kappa shape index (κ3) is 3.56. The van der Waals surface area contributed by atoms with E-state index in [0.717, 1.165) is 16.9 Å². The van der Waals surface area contributed by atoms with Gasteiger partial charge in [-0.15, -0.1) is 0 Å². The first-order valence-electron chi connectivity index (χ1n) is 6.90. The Morgan fingerprint density at radius 2 is 2.22 bits per heavy atom. The molecule has 3 heteroatoms. The Morgan fingerprint density at radius 1 is 1.44 bits per heavy atom. The van der Waals surface area contributed by atoms with Crippen LogP contribution in [0.3, 0.4) is 0 Å². The molecule has 0 heterocycles. The van der Waals surface area contributed by atoms with Crippen molar-refractivity contribution in [3.05, 3.63) is 33.8 Å². The topological polar surface area (TPSA) is 38.0 Å². The van der Waals surface area contributed by atoms with Gasteiger partial charge < -0.3 is 11.1 Å². The van der Waals surface area contributed by atoms with Gasteiger partial charge in [0.2, 0.25) is 0 Å². The molecule has 1 saturated carbocycles. The highest BCUT2D eigenvalue weighted by Gasteiger charge is 2.18. The van der Waals surface area contributed by atoms with Gasteiger partial charge in [0, 0.05) is 17.1 Å². The summed E-state index contributed by atoms with van der Waals surface area (Å²) in [7, 11) is 0. The van der Waals surface area contributed by atoms with Crippen LogP contribution >= 0.6 is 15.9 Å². The lowest BCUT2D eigenvalue weighted by Crippen LogP contribution is -2.31. The van der Waals surface area contributed by atoms with E-state index in [1.807, 2.05) is 0 Å². The molecule has 0 spiro atoms. The average molecular weight is 311 g/mol. The molecule has 0 radical (unpaired) electrons. The van der Waals surface area contributed by atoms with Gasteiger partial charge >= 0.3 is 0 Å². The third-order valence-corrected chi connectivity index (χ3v) is 4.62. The van der Waals surface area contributed by atoms with Crippen LogP contribution in [0.2, 0.25) is 0 Å². The molecule has 0 bridgehead atoms. The second kappa shape index (κ2) is 6.69. The van der Waals surface area contributed by atoms with Crippen LogP contribution in [0, 0.1) is 12.8 Å². The van der Waals surface area contributed by atoms with E-state index in [9.17, 15) is 0 Å². The van der Waals surface area contributed by atoms with Gasteiger partial charge in [0.25, 0.3) is 0 Å². The zero-order valence-electron chi connectivity index (χ0n) is 11.1. The van der Waals surface area contributed by atoms with Crippen molar-refractivity contribution in [2.75, 3.05) is 13.1 Å². The van der Waals surface area contributed by atoms with E-state index in [-0.39, 0.29) is 6.04 Å². The minimum atomic E-state index is 0.264. The van der Waals surface area contributed by atoms with Crippen LogP contribution in [0.5, 0.6) is 0 Å². The molecule has 1 unspecified atom stereocenters.